The molecule has 0 saturated heterocycles. The smallest absolute Gasteiger partial charge is 0.309 e. The minimum absolute atomic E-state index is 1.26. The molecule has 2 N–H and O–H groups in total. The molecule has 0 aliphatic carbocycles. The quantitative estimate of drug-likeness (QED) is 0.138. The van der Waals surface area contributed by atoms with Crippen molar-refractivity contribution in [2.45, 2.75) is 135 Å². The molecular formula is C24H53NO4S. The number of rotatable bonds is 21. The van der Waals surface area contributed by atoms with Gasteiger partial charge in [0.15, 0.2) is 0 Å². The minimum Gasteiger partial charge on any atom is -0.309 e. The van der Waals surface area contributed by atoms with E-state index in [9.17, 15) is 0 Å². The number of nitrogens with zero attached hydrogens (tertiary/aromatic N) is 1. The molecule has 30 heavy (non-hydrogen) atoms. The molecule has 0 aromatic rings. The van der Waals surface area contributed by atoms with Crippen LogP contribution in [-0.4, -0.2) is 43.1 Å². The van der Waals surface area contributed by atoms with Crippen molar-refractivity contribution in [2.75, 3.05) is 20.6 Å². The second-order valence-corrected chi connectivity index (χ2v) is 9.86. The van der Waals surface area contributed by atoms with Gasteiger partial charge in [0.2, 0.25) is 0 Å². The number of unbranched alkanes of at least 4 members (excludes halogenated alkanes) is 19. The van der Waals surface area contributed by atoms with Crippen LogP contribution in [0.25, 0.3) is 0 Å². The van der Waals surface area contributed by atoms with Crippen molar-refractivity contribution in [3.05, 3.63) is 0 Å². The zero-order valence-electron chi connectivity index (χ0n) is 20.4. The third-order valence-corrected chi connectivity index (χ3v) is 5.46. The van der Waals surface area contributed by atoms with Crippen LogP contribution in [-0.2, 0) is 10.4 Å². The van der Waals surface area contributed by atoms with Crippen LogP contribution >= 0.6 is 0 Å². The zero-order chi connectivity index (χ0) is 22.9. The van der Waals surface area contributed by atoms with Crippen molar-refractivity contribution in [1.82, 2.24) is 4.90 Å². The fourth-order valence-corrected chi connectivity index (χ4v) is 3.68. The summed E-state index contributed by atoms with van der Waals surface area (Å²) in [7, 11) is -0.314. The van der Waals surface area contributed by atoms with Crippen LogP contribution in [0.4, 0.5) is 0 Å². The third kappa shape index (κ3) is 42.0. The molecule has 0 fully saturated rings. The van der Waals surface area contributed by atoms with Crippen molar-refractivity contribution in [3.8, 4) is 0 Å². The van der Waals surface area contributed by atoms with E-state index in [1.807, 2.05) is 0 Å². The van der Waals surface area contributed by atoms with Gasteiger partial charge >= 0.3 is 10.4 Å². The summed E-state index contributed by atoms with van der Waals surface area (Å²) in [5.41, 5.74) is 0. The van der Waals surface area contributed by atoms with E-state index in [1.165, 1.54) is 135 Å². The van der Waals surface area contributed by atoms with Gasteiger partial charge in [0.05, 0.1) is 0 Å². The molecule has 0 spiro atoms. The van der Waals surface area contributed by atoms with Crippen LogP contribution in [0.3, 0.4) is 0 Å². The standard InChI is InChI=1S/C24H51N.H2O4S/c1-4-5-6-7-8-9-10-11-12-13-14-15-16-17-18-19-20-21-22-23-24-25(2)3;1-5(2,3)4/h4-24H2,1-3H3;(H2,1,2,3,4). The van der Waals surface area contributed by atoms with E-state index < -0.39 is 10.4 Å². The van der Waals surface area contributed by atoms with Gasteiger partial charge in [0.25, 0.3) is 0 Å². The van der Waals surface area contributed by atoms with E-state index in [0.717, 1.165) is 0 Å². The van der Waals surface area contributed by atoms with Gasteiger partial charge in [-0.15, -0.1) is 0 Å². The highest BCUT2D eigenvalue weighted by molar-refractivity contribution is 7.79. The third-order valence-electron chi connectivity index (χ3n) is 5.46. The normalized spacial score (nSPS) is 11.5. The van der Waals surface area contributed by atoms with Crippen LogP contribution in [0.15, 0.2) is 0 Å². The Labute approximate surface area is 189 Å². The molecule has 5 nitrogen and oxygen atoms in total. The second-order valence-electron chi connectivity index (χ2n) is 8.97. The fraction of sp³-hybridized carbons (Fsp3) is 1.00. The monoisotopic (exact) mass is 451 g/mol. The Kier molecular flexibility index (Phi) is 26.8. The topological polar surface area (TPSA) is 77.8 Å². The Bertz CT molecular complexity index is 405. The molecule has 0 bridgehead atoms. The molecule has 0 heterocycles. The summed E-state index contributed by atoms with van der Waals surface area (Å²) in [6.07, 6.45) is 29.3. The predicted octanol–water partition coefficient (Wildman–Crippen LogP) is 7.72. The molecule has 0 saturated carbocycles. The van der Waals surface area contributed by atoms with E-state index in [0.29, 0.717) is 0 Å². The Morgan fingerprint density at radius 1 is 0.500 bits per heavy atom. The molecule has 0 rings (SSSR count). The van der Waals surface area contributed by atoms with Crippen molar-refractivity contribution in [3.63, 3.8) is 0 Å². The van der Waals surface area contributed by atoms with Crippen molar-refractivity contribution in [1.29, 1.82) is 0 Å². The van der Waals surface area contributed by atoms with Gasteiger partial charge in [0, 0.05) is 0 Å². The Morgan fingerprint density at radius 3 is 0.900 bits per heavy atom. The predicted molar refractivity (Wildman–Crippen MR) is 131 cm³/mol. The van der Waals surface area contributed by atoms with Crippen LogP contribution in [0.2, 0.25) is 0 Å². The average molecular weight is 452 g/mol. The van der Waals surface area contributed by atoms with Crippen molar-refractivity contribution in [2.24, 2.45) is 0 Å². The second kappa shape index (κ2) is 25.1. The summed E-state index contributed by atoms with van der Waals surface area (Å²) in [5, 5.41) is 0. The maximum absolute atomic E-state index is 8.74. The molecule has 0 radical (unpaired) electrons. The van der Waals surface area contributed by atoms with Gasteiger partial charge in [-0.2, -0.15) is 8.42 Å². The van der Waals surface area contributed by atoms with Crippen LogP contribution in [0.1, 0.15) is 135 Å². The molecular weight excluding hydrogens is 398 g/mol. The Morgan fingerprint density at radius 2 is 0.700 bits per heavy atom. The van der Waals surface area contributed by atoms with Crippen LogP contribution < -0.4 is 0 Å². The lowest BCUT2D eigenvalue weighted by atomic mass is 10.0. The summed E-state index contributed by atoms with van der Waals surface area (Å²) in [4.78, 5) is 2.30. The summed E-state index contributed by atoms with van der Waals surface area (Å²) in [6.45, 7) is 3.56. The fourth-order valence-electron chi connectivity index (χ4n) is 3.68. The molecule has 0 aliphatic rings. The van der Waals surface area contributed by atoms with Crippen molar-refractivity contribution >= 4 is 10.4 Å². The first-order chi connectivity index (χ1) is 14.3. The van der Waals surface area contributed by atoms with Gasteiger partial charge < -0.3 is 4.90 Å². The van der Waals surface area contributed by atoms with E-state index in [4.69, 9.17) is 17.5 Å². The van der Waals surface area contributed by atoms with E-state index >= 15 is 0 Å². The van der Waals surface area contributed by atoms with Crippen LogP contribution in [0.5, 0.6) is 0 Å². The SMILES string of the molecule is CCCCCCCCCCCCCCCCCCCCCCN(C)C.O=S(=O)(O)O. The van der Waals surface area contributed by atoms with Gasteiger partial charge in [-0.1, -0.05) is 129 Å². The highest BCUT2D eigenvalue weighted by Gasteiger charge is 1.96. The Hall–Kier alpha value is -0.170. The summed E-state index contributed by atoms with van der Waals surface area (Å²) >= 11 is 0. The van der Waals surface area contributed by atoms with E-state index in [2.05, 4.69) is 25.9 Å². The molecule has 0 amide bonds. The highest BCUT2D eigenvalue weighted by Crippen LogP contribution is 2.14. The van der Waals surface area contributed by atoms with E-state index in [1.54, 1.807) is 0 Å². The molecule has 0 aromatic heterocycles. The number of hydrogen-bond acceptors (Lipinski definition) is 3. The summed E-state index contributed by atoms with van der Waals surface area (Å²) in [5.74, 6) is 0. The first-order valence-electron chi connectivity index (χ1n) is 12.6. The maximum Gasteiger partial charge on any atom is 0.394 e. The molecule has 0 aliphatic heterocycles. The Balaban J connectivity index is 0. The summed E-state index contributed by atoms with van der Waals surface area (Å²) < 4.78 is 31.6. The minimum atomic E-state index is -4.67. The largest absolute Gasteiger partial charge is 0.394 e. The molecule has 6 heteroatoms. The molecule has 0 atom stereocenters. The van der Waals surface area contributed by atoms with E-state index in [-0.39, 0.29) is 0 Å². The zero-order valence-corrected chi connectivity index (χ0v) is 21.2. The van der Waals surface area contributed by atoms with Gasteiger partial charge in [-0.05, 0) is 27.1 Å². The first kappa shape index (κ1) is 32.0. The molecule has 184 valence electrons. The lowest BCUT2D eigenvalue weighted by molar-refractivity contribution is 0.381. The summed E-state index contributed by atoms with van der Waals surface area (Å²) in [6, 6.07) is 0. The lowest BCUT2D eigenvalue weighted by Crippen LogP contribution is -2.12. The molecule has 0 unspecified atom stereocenters. The number of hydrogen-bond donors (Lipinski definition) is 2. The lowest BCUT2D eigenvalue weighted by Gasteiger charge is -2.08. The van der Waals surface area contributed by atoms with Crippen molar-refractivity contribution < 1.29 is 17.5 Å². The first-order valence-corrected chi connectivity index (χ1v) is 14.0. The van der Waals surface area contributed by atoms with Gasteiger partial charge in [-0.3, -0.25) is 9.11 Å². The van der Waals surface area contributed by atoms with Gasteiger partial charge in [-0.25, -0.2) is 0 Å². The molecule has 0 aromatic carbocycles. The maximum atomic E-state index is 8.74. The highest BCUT2D eigenvalue weighted by atomic mass is 32.3. The van der Waals surface area contributed by atoms with Crippen LogP contribution in [0, 0.1) is 0 Å². The average Bonchev–Trinajstić information content (AvgIpc) is 2.65. The van der Waals surface area contributed by atoms with Gasteiger partial charge in [0.1, 0.15) is 0 Å².